The van der Waals surface area contributed by atoms with Crippen LogP contribution in [0.1, 0.15) is 23.4 Å². The minimum atomic E-state index is -0.198. The van der Waals surface area contributed by atoms with Crippen LogP contribution in [0.25, 0.3) is 0 Å². The molecular formula is C13H13BrFNS. The largest absolute Gasteiger partial charge is 0.306 e. The summed E-state index contributed by atoms with van der Waals surface area (Å²) in [5, 5.41) is 5.47. The van der Waals surface area contributed by atoms with Gasteiger partial charge in [-0.2, -0.15) is 0 Å². The van der Waals surface area contributed by atoms with Crippen LogP contribution in [0.4, 0.5) is 4.39 Å². The Morgan fingerprint density at radius 3 is 2.59 bits per heavy atom. The van der Waals surface area contributed by atoms with Crippen LogP contribution in [0, 0.1) is 5.82 Å². The molecule has 0 aliphatic carbocycles. The maximum absolute atomic E-state index is 12.9. The van der Waals surface area contributed by atoms with Crippen molar-refractivity contribution in [2.75, 3.05) is 6.54 Å². The van der Waals surface area contributed by atoms with Gasteiger partial charge in [-0.15, -0.1) is 11.3 Å². The topological polar surface area (TPSA) is 12.0 Å². The molecule has 0 amide bonds. The lowest BCUT2D eigenvalue weighted by Gasteiger charge is -2.16. The lowest BCUT2D eigenvalue weighted by Crippen LogP contribution is -2.21. The second kappa shape index (κ2) is 5.76. The van der Waals surface area contributed by atoms with Crippen LogP contribution in [-0.4, -0.2) is 6.54 Å². The Morgan fingerprint density at radius 1 is 1.35 bits per heavy atom. The molecule has 1 nitrogen and oxygen atoms in total. The van der Waals surface area contributed by atoms with Gasteiger partial charge in [-0.3, -0.25) is 0 Å². The number of benzene rings is 1. The number of hydrogen-bond acceptors (Lipinski definition) is 2. The predicted octanol–water partition coefficient (Wildman–Crippen LogP) is 4.35. The van der Waals surface area contributed by atoms with Crippen molar-refractivity contribution < 1.29 is 4.39 Å². The quantitative estimate of drug-likeness (QED) is 0.885. The fourth-order valence-electron chi connectivity index (χ4n) is 1.72. The van der Waals surface area contributed by atoms with Crippen LogP contribution >= 0.6 is 27.3 Å². The van der Waals surface area contributed by atoms with Crippen molar-refractivity contribution in [3.05, 3.63) is 56.4 Å². The second-order valence-electron chi connectivity index (χ2n) is 3.71. The Kier molecular flexibility index (Phi) is 4.31. The maximum atomic E-state index is 12.9. The van der Waals surface area contributed by atoms with Crippen molar-refractivity contribution >= 4 is 27.3 Å². The molecule has 1 aromatic carbocycles. The lowest BCUT2D eigenvalue weighted by atomic mass is 10.1. The number of nitrogens with one attached hydrogen (secondary N) is 1. The van der Waals surface area contributed by atoms with Gasteiger partial charge in [0, 0.05) is 14.7 Å². The molecule has 4 heteroatoms. The third kappa shape index (κ3) is 3.15. The molecule has 0 aliphatic heterocycles. The van der Waals surface area contributed by atoms with Gasteiger partial charge < -0.3 is 5.32 Å². The van der Waals surface area contributed by atoms with Crippen LogP contribution in [0.5, 0.6) is 0 Å². The summed E-state index contributed by atoms with van der Waals surface area (Å²) in [7, 11) is 0. The first kappa shape index (κ1) is 12.7. The first-order valence-electron chi connectivity index (χ1n) is 5.43. The molecule has 1 heterocycles. The van der Waals surface area contributed by atoms with Crippen molar-refractivity contribution in [2.24, 2.45) is 0 Å². The molecule has 0 saturated carbocycles. The lowest BCUT2D eigenvalue weighted by molar-refractivity contribution is 0.617. The van der Waals surface area contributed by atoms with Crippen molar-refractivity contribution in [1.82, 2.24) is 5.32 Å². The molecule has 2 aromatic rings. The van der Waals surface area contributed by atoms with Gasteiger partial charge in [-0.05, 0) is 46.2 Å². The van der Waals surface area contributed by atoms with Crippen molar-refractivity contribution in [3.63, 3.8) is 0 Å². The molecule has 0 saturated heterocycles. The van der Waals surface area contributed by atoms with Crippen LogP contribution in [0.2, 0.25) is 0 Å². The molecule has 17 heavy (non-hydrogen) atoms. The van der Waals surface area contributed by atoms with Crippen molar-refractivity contribution in [2.45, 2.75) is 13.0 Å². The van der Waals surface area contributed by atoms with Gasteiger partial charge in [0.1, 0.15) is 5.82 Å². The molecule has 0 radical (unpaired) electrons. The first-order chi connectivity index (χ1) is 8.20. The number of hydrogen-bond donors (Lipinski definition) is 1. The van der Waals surface area contributed by atoms with E-state index < -0.39 is 0 Å². The average molecular weight is 314 g/mol. The molecule has 0 spiro atoms. The predicted molar refractivity (Wildman–Crippen MR) is 73.9 cm³/mol. The average Bonchev–Trinajstić information content (AvgIpc) is 2.74. The molecule has 0 bridgehead atoms. The standard InChI is InChI=1S/C13H13BrFNS/c1-2-16-13(12-7-10(14)8-17-12)9-3-5-11(15)6-4-9/h3-8,13,16H,2H2,1H3. The van der Waals surface area contributed by atoms with Gasteiger partial charge in [0.25, 0.3) is 0 Å². The van der Waals surface area contributed by atoms with E-state index in [1.165, 1.54) is 17.0 Å². The van der Waals surface area contributed by atoms with Gasteiger partial charge in [0.15, 0.2) is 0 Å². The highest BCUT2D eigenvalue weighted by Gasteiger charge is 2.14. The van der Waals surface area contributed by atoms with Gasteiger partial charge in [-0.1, -0.05) is 19.1 Å². The number of rotatable bonds is 4. The van der Waals surface area contributed by atoms with Crippen LogP contribution in [-0.2, 0) is 0 Å². The zero-order chi connectivity index (χ0) is 12.3. The van der Waals surface area contributed by atoms with E-state index in [4.69, 9.17) is 0 Å². The fraction of sp³-hybridized carbons (Fsp3) is 0.231. The Hall–Kier alpha value is -0.710. The number of thiophene rings is 1. The summed E-state index contributed by atoms with van der Waals surface area (Å²) in [5.41, 5.74) is 1.09. The molecular weight excluding hydrogens is 301 g/mol. The highest BCUT2D eigenvalue weighted by molar-refractivity contribution is 9.10. The Morgan fingerprint density at radius 2 is 2.06 bits per heavy atom. The molecule has 1 N–H and O–H groups in total. The molecule has 90 valence electrons. The fourth-order valence-corrected chi connectivity index (χ4v) is 3.27. The van der Waals surface area contributed by atoms with E-state index in [1.807, 2.05) is 12.1 Å². The van der Waals surface area contributed by atoms with Gasteiger partial charge in [0.05, 0.1) is 6.04 Å². The third-order valence-electron chi connectivity index (χ3n) is 2.48. The summed E-state index contributed by atoms with van der Waals surface area (Å²) in [5.74, 6) is -0.198. The normalized spacial score (nSPS) is 12.6. The molecule has 1 aromatic heterocycles. The minimum absolute atomic E-state index is 0.136. The maximum Gasteiger partial charge on any atom is 0.123 e. The van der Waals surface area contributed by atoms with Crippen LogP contribution < -0.4 is 5.32 Å². The summed E-state index contributed by atoms with van der Waals surface area (Å²) in [6.45, 7) is 2.94. The zero-order valence-electron chi connectivity index (χ0n) is 9.41. The SMILES string of the molecule is CCNC(c1ccc(F)cc1)c1cc(Br)cs1. The van der Waals surface area contributed by atoms with E-state index in [0.717, 1.165) is 16.6 Å². The first-order valence-corrected chi connectivity index (χ1v) is 7.10. The summed E-state index contributed by atoms with van der Waals surface area (Å²) >= 11 is 5.15. The van der Waals surface area contributed by atoms with E-state index >= 15 is 0 Å². The van der Waals surface area contributed by atoms with E-state index in [2.05, 4.69) is 39.6 Å². The van der Waals surface area contributed by atoms with Crippen molar-refractivity contribution in [1.29, 1.82) is 0 Å². The van der Waals surface area contributed by atoms with Crippen LogP contribution in [0.15, 0.2) is 40.2 Å². The molecule has 2 rings (SSSR count). The summed E-state index contributed by atoms with van der Waals surface area (Å²) in [6.07, 6.45) is 0. The number of halogens is 2. The summed E-state index contributed by atoms with van der Waals surface area (Å²) in [6, 6.07) is 8.90. The van der Waals surface area contributed by atoms with Crippen LogP contribution in [0.3, 0.4) is 0 Å². The van der Waals surface area contributed by atoms with Gasteiger partial charge in [0.2, 0.25) is 0 Å². The Bertz CT molecular complexity index is 480. The Balaban J connectivity index is 2.31. The van der Waals surface area contributed by atoms with E-state index in [0.29, 0.717) is 0 Å². The monoisotopic (exact) mass is 313 g/mol. The van der Waals surface area contributed by atoms with Crippen molar-refractivity contribution in [3.8, 4) is 0 Å². The second-order valence-corrected chi connectivity index (χ2v) is 5.57. The van der Waals surface area contributed by atoms with E-state index in [-0.39, 0.29) is 11.9 Å². The van der Waals surface area contributed by atoms with Gasteiger partial charge >= 0.3 is 0 Å². The molecule has 0 fully saturated rings. The smallest absolute Gasteiger partial charge is 0.123 e. The Labute approximate surface area is 113 Å². The minimum Gasteiger partial charge on any atom is -0.306 e. The third-order valence-corrected chi connectivity index (χ3v) is 4.24. The molecule has 0 aliphatic rings. The highest BCUT2D eigenvalue weighted by atomic mass is 79.9. The van der Waals surface area contributed by atoms with Gasteiger partial charge in [-0.25, -0.2) is 4.39 Å². The zero-order valence-corrected chi connectivity index (χ0v) is 11.8. The highest BCUT2D eigenvalue weighted by Crippen LogP contribution is 2.30. The molecule has 1 atom stereocenters. The van der Waals surface area contributed by atoms with E-state index in [1.54, 1.807) is 11.3 Å². The summed E-state index contributed by atoms with van der Waals surface area (Å²) < 4.78 is 14.0. The summed E-state index contributed by atoms with van der Waals surface area (Å²) in [4.78, 5) is 1.23. The van der Waals surface area contributed by atoms with E-state index in [9.17, 15) is 4.39 Å². The molecule has 1 unspecified atom stereocenters.